The number of carbonyl (C=O) groups is 2. The van der Waals surface area contributed by atoms with E-state index in [1.165, 1.54) is 51.4 Å². The molecule has 7 N–H and O–H groups in total. The number of hydrogen-bond acceptors (Lipinski definition) is 15. The monoisotopic (exact) mass is 991 g/mol. The second-order valence-corrected chi connectivity index (χ2v) is 18.0. The van der Waals surface area contributed by atoms with Crippen LogP contribution in [-0.2, 0) is 38.0 Å². The van der Waals surface area contributed by atoms with Gasteiger partial charge in [0.05, 0.1) is 26.2 Å². The van der Waals surface area contributed by atoms with Gasteiger partial charge in [0.1, 0.15) is 55.4 Å². The molecular weight excluding hydrogens is 901 g/mol. The van der Waals surface area contributed by atoms with Crippen molar-refractivity contribution in [2.45, 2.75) is 223 Å². The molecule has 2 aliphatic rings. The second kappa shape index (κ2) is 41.2. The molecule has 2 fully saturated rings. The van der Waals surface area contributed by atoms with Gasteiger partial charge in [-0.2, -0.15) is 0 Å². The molecule has 0 aromatic carbocycles. The van der Waals surface area contributed by atoms with Crippen LogP contribution >= 0.6 is 0 Å². The number of allylic oxidation sites excluding steroid dienone is 13. The van der Waals surface area contributed by atoms with Gasteiger partial charge in [-0.15, -0.1) is 0 Å². The minimum absolute atomic E-state index is 0.0719. The number of carbonyl (C=O) groups excluding carboxylic acids is 2. The first kappa shape index (κ1) is 62.8. The average Bonchev–Trinajstić information content (AvgIpc) is 3.35. The van der Waals surface area contributed by atoms with E-state index in [-0.39, 0.29) is 19.4 Å². The van der Waals surface area contributed by atoms with Crippen LogP contribution in [0.15, 0.2) is 85.1 Å². The summed E-state index contributed by atoms with van der Waals surface area (Å²) in [5, 5.41) is 72.1. The lowest BCUT2D eigenvalue weighted by atomic mass is 9.98. The molecule has 0 aromatic rings. The Morgan fingerprint density at radius 1 is 0.486 bits per heavy atom. The molecule has 0 spiro atoms. The van der Waals surface area contributed by atoms with Crippen LogP contribution in [0.3, 0.4) is 0 Å². The van der Waals surface area contributed by atoms with Gasteiger partial charge in [0.15, 0.2) is 18.7 Å². The molecule has 0 aromatic heterocycles. The number of ether oxygens (including phenoxy) is 6. The summed E-state index contributed by atoms with van der Waals surface area (Å²) >= 11 is 0. The van der Waals surface area contributed by atoms with E-state index in [2.05, 4.69) is 74.6 Å². The quantitative estimate of drug-likeness (QED) is 0.0179. The number of aliphatic hydroxyl groups is 7. The second-order valence-electron chi connectivity index (χ2n) is 18.0. The minimum atomic E-state index is -1.79. The Labute approximate surface area is 418 Å². The summed E-state index contributed by atoms with van der Waals surface area (Å²) in [6.07, 6.45) is 33.5. The first-order valence-electron chi connectivity index (χ1n) is 26.2. The fraction of sp³-hybridized carbons (Fsp3) is 0.709. The van der Waals surface area contributed by atoms with Crippen LogP contribution in [0, 0.1) is 0 Å². The number of rotatable bonds is 39. The zero-order chi connectivity index (χ0) is 51.0. The predicted octanol–water partition coefficient (Wildman–Crippen LogP) is 7.60. The molecule has 2 saturated heterocycles. The minimum Gasteiger partial charge on any atom is -0.462 e. The largest absolute Gasteiger partial charge is 0.462 e. The lowest BCUT2D eigenvalue weighted by Crippen LogP contribution is -2.61. The van der Waals surface area contributed by atoms with Gasteiger partial charge >= 0.3 is 11.9 Å². The third kappa shape index (κ3) is 28.7. The summed E-state index contributed by atoms with van der Waals surface area (Å²) in [5.41, 5.74) is 0. The first-order chi connectivity index (χ1) is 34.0. The Kier molecular flexibility index (Phi) is 36.9. The molecule has 400 valence electrons. The van der Waals surface area contributed by atoms with Crippen molar-refractivity contribution in [3.05, 3.63) is 85.1 Å². The molecule has 15 nitrogen and oxygen atoms in total. The van der Waals surface area contributed by atoms with E-state index < -0.39 is 99.3 Å². The number of aliphatic hydroxyl groups excluding tert-OH is 7. The molecule has 2 aliphatic heterocycles. The number of hydrogen-bond donors (Lipinski definition) is 7. The van der Waals surface area contributed by atoms with E-state index in [4.69, 9.17) is 28.4 Å². The Morgan fingerprint density at radius 2 is 0.943 bits per heavy atom. The predicted molar refractivity (Wildman–Crippen MR) is 270 cm³/mol. The van der Waals surface area contributed by atoms with E-state index in [0.717, 1.165) is 64.2 Å². The average molecular weight is 991 g/mol. The van der Waals surface area contributed by atoms with Crippen molar-refractivity contribution >= 4 is 11.9 Å². The van der Waals surface area contributed by atoms with Crippen LogP contribution < -0.4 is 0 Å². The van der Waals surface area contributed by atoms with E-state index >= 15 is 0 Å². The van der Waals surface area contributed by atoms with Gasteiger partial charge < -0.3 is 64.2 Å². The Bertz CT molecular complexity index is 1540. The maximum absolute atomic E-state index is 12.9. The van der Waals surface area contributed by atoms with Gasteiger partial charge in [0.25, 0.3) is 0 Å². The van der Waals surface area contributed by atoms with Gasteiger partial charge in [-0.1, -0.05) is 157 Å². The first-order valence-corrected chi connectivity index (χ1v) is 26.2. The van der Waals surface area contributed by atoms with Crippen molar-refractivity contribution < 1.29 is 73.8 Å². The highest BCUT2D eigenvalue weighted by Crippen LogP contribution is 2.26. The van der Waals surface area contributed by atoms with Crippen molar-refractivity contribution in [2.75, 3.05) is 26.4 Å². The lowest BCUT2D eigenvalue weighted by Gasteiger charge is -2.42. The third-order valence-electron chi connectivity index (χ3n) is 11.9. The van der Waals surface area contributed by atoms with Crippen molar-refractivity contribution in [3.63, 3.8) is 0 Å². The highest BCUT2D eigenvalue weighted by atomic mass is 16.7. The molecule has 11 atom stereocenters. The number of unbranched alkanes of at least 4 members (excludes halogenated alkanes) is 12. The van der Waals surface area contributed by atoms with Crippen molar-refractivity contribution in [3.8, 4) is 0 Å². The van der Waals surface area contributed by atoms with E-state index in [9.17, 15) is 45.3 Å². The molecule has 2 heterocycles. The Morgan fingerprint density at radius 3 is 1.49 bits per heavy atom. The molecule has 0 radical (unpaired) electrons. The lowest BCUT2D eigenvalue weighted by molar-refractivity contribution is -0.332. The van der Waals surface area contributed by atoms with Gasteiger partial charge in [-0.25, -0.2) is 0 Å². The normalized spacial score (nSPS) is 26.1. The van der Waals surface area contributed by atoms with Crippen LogP contribution in [0.25, 0.3) is 0 Å². The fourth-order valence-electron chi connectivity index (χ4n) is 7.62. The molecule has 0 amide bonds. The third-order valence-corrected chi connectivity index (χ3v) is 11.9. The van der Waals surface area contributed by atoms with Crippen LogP contribution in [0.2, 0.25) is 0 Å². The Balaban J connectivity index is 1.83. The fourth-order valence-corrected chi connectivity index (χ4v) is 7.62. The maximum atomic E-state index is 12.9. The molecule has 11 unspecified atom stereocenters. The summed E-state index contributed by atoms with van der Waals surface area (Å²) in [4.78, 5) is 25.7. The summed E-state index contributed by atoms with van der Waals surface area (Å²) in [6, 6.07) is 0. The summed E-state index contributed by atoms with van der Waals surface area (Å²) in [6.45, 7) is 2.33. The SMILES string of the molecule is CC/C=C\C/C=C\C/C=C\C/C=C\C/C=C\CC(=O)OC(COC(=O)CCCCCCCCCCC/C=C\C/C=C\CCCCC)COC1OC(COC2OC(CO)C(O)C(O)C2O)C(O)C(O)C1O. The van der Waals surface area contributed by atoms with Gasteiger partial charge in [0, 0.05) is 6.42 Å². The Hall–Kier alpha value is -3.32. The van der Waals surface area contributed by atoms with Crippen LogP contribution in [0.5, 0.6) is 0 Å². The molecule has 0 saturated carbocycles. The molecule has 70 heavy (non-hydrogen) atoms. The molecule has 0 aliphatic carbocycles. The molecule has 0 bridgehead atoms. The highest BCUT2D eigenvalue weighted by Gasteiger charge is 2.47. The van der Waals surface area contributed by atoms with Gasteiger partial charge in [0.2, 0.25) is 0 Å². The van der Waals surface area contributed by atoms with Gasteiger partial charge in [-0.05, 0) is 70.6 Å². The standard InChI is InChI=1S/C55H90O15/c1-3-5-7-9-11-13-15-17-19-20-21-22-24-25-27-29-31-33-35-37-46(57)65-40-43(68-47(58)38-36-34-32-30-28-26-23-18-16-14-12-10-8-6-4-2)41-66-54-53(64)51(62)49(60)45(70-54)42-67-55-52(63)50(61)48(59)44(39-56)69-55/h6,8,11-14,17-19,23,28,30,34,36,43-45,48-56,59-64H,3-5,7,9-10,15-16,20-22,24-27,29,31-33,35,37-42H2,1-2H3/b8-6-,13-11-,14-12-,19-17-,23-18-,30-28-,36-34-. The van der Waals surface area contributed by atoms with Crippen molar-refractivity contribution in [1.82, 2.24) is 0 Å². The smallest absolute Gasteiger partial charge is 0.310 e. The summed E-state index contributed by atoms with van der Waals surface area (Å²) in [7, 11) is 0. The van der Waals surface area contributed by atoms with E-state index in [1.807, 2.05) is 18.2 Å². The zero-order valence-corrected chi connectivity index (χ0v) is 42.2. The van der Waals surface area contributed by atoms with Crippen LogP contribution in [-0.4, -0.2) is 142 Å². The van der Waals surface area contributed by atoms with Crippen LogP contribution in [0.1, 0.15) is 155 Å². The van der Waals surface area contributed by atoms with Crippen LogP contribution in [0.4, 0.5) is 0 Å². The molecular formula is C55H90O15. The highest BCUT2D eigenvalue weighted by molar-refractivity contribution is 5.71. The molecule has 2 rings (SSSR count). The topological polar surface area (TPSA) is 231 Å². The summed E-state index contributed by atoms with van der Waals surface area (Å²) in [5.74, 6) is -1.08. The molecule has 15 heteroatoms. The van der Waals surface area contributed by atoms with E-state index in [1.54, 1.807) is 6.08 Å². The van der Waals surface area contributed by atoms with Crippen molar-refractivity contribution in [1.29, 1.82) is 0 Å². The number of esters is 2. The van der Waals surface area contributed by atoms with Gasteiger partial charge in [-0.3, -0.25) is 9.59 Å². The summed E-state index contributed by atoms with van der Waals surface area (Å²) < 4.78 is 33.4. The van der Waals surface area contributed by atoms with E-state index in [0.29, 0.717) is 12.8 Å². The zero-order valence-electron chi connectivity index (χ0n) is 42.2. The van der Waals surface area contributed by atoms with Crippen molar-refractivity contribution in [2.24, 2.45) is 0 Å². The maximum Gasteiger partial charge on any atom is 0.310 e.